The molecule has 0 radical (unpaired) electrons. The number of hydrogen-bond acceptors (Lipinski definition) is 6. The van der Waals surface area contributed by atoms with Crippen molar-refractivity contribution in [3.05, 3.63) is 35.3 Å². The van der Waals surface area contributed by atoms with Crippen LogP contribution in [0.15, 0.2) is 28.1 Å². The van der Waals surface area contributed by atoms with Gasteiger partial charge < -0.3 is 4.42 Å². The van der Waals surface area contributed by atoms with Crippen LogP contribution in [0.3, 0.4) is 0 Å². The molecule has 3 aromatic rings. The lowest BCUT2D eigenvalue weighted by molar-refractivity contribution is 0.470. The number of halogens is 1. The van der Waals surface area contributed by atoms with E-state index in [1.54, 1.807) is 22.2 Å². The van der Waals surface area contributed by atoms with Crippen LogP contribution in [0.2, 0.25) is 0 Å². The van der Waals surface area contributed by atoms with E-state index in [-0.39, 0.29) is 5.38 Å². The smallest absolute Gasteiger partial charge is 0.257 e. The third-order valence-corrected chi connectivity index (χ3v) is 4.12. The fraction of sp³-hybridized carbons (Fsp3) is 0.333. The molecule has 0 saturated carbocycles. The molecular formula is C12H12ClN5OS. The van der Waals surface area contributed by atoms with Gasteiger partial charge in [0.05, 0.1) is 16.5 Å². The van der Waals surface area contributed by atoms with E-state index in [9.17, 15) is 0 Å². The summed E-state index contributed by atoms with van der Waals surface area (Å²) in [5, 5.41) is 17.9. The maximum absolute atomic E-state index is 6.11. The predicted octanol–water partition coefficient (Wildman–Crippen LogP) is 3.13. The summed E-state index contributed by atoms with van der Waals surface area (Å²) in [6.45, 7) is 2.39. The van der Waals surface area contributed by atoms with Gasteiger partial charge in [0, 0.05) is 0 Å². The van der Waals surface area contributed by atoms with Crippen molar-refractivity contribution < 1.29 is 4.42 Å². The molecule has 0 N–H and O–H groups in total. The van der Waals surface area contributed by atoms with Gasteiger partial charge in [0.25, 0.3) is 5.89 Å². The summed E-state index contributed by atoms with van der Waals surface area (Å²) in [5.74, 6) is 1.02. The van der Waals surface area contributed by atoms with Crippen molar-refractivity contribution >= 4 is 22.9 Å². The van der Waals surface area contributed by atoms with E-state index in [0.29, 0.717) is 18.3 Å². The average molecular weight is 310 g/mol. The van der Waals surface area contributed by atoms with Crippen molar-refractivity contribution in [1.29, 1.82) is 0 Å². The first-order valence-corrected chi connectivity index (χ1v) is 7.48. The normalized spacial score (nSPS) is 12.7. The highest BCUT2D eigenvalue weighted by Crippen LogP contribution is 2.23. The highest BCUT2D eigenvalue weighted by atomic mass is 35.5. The highest BCUT2D eigenvalue weighted by molar-refractivity contribution is 7.13. The maximum atomic E-state index is 6.11. The van der Waals surface area contributed by atoms with Gasteiger partial charge in [-0.15, -0.1) is 38.2 Å². The summed E-state index contributed by atoms with van der Waals surface area (Å²) in [6, 6.07) is 3.88. The molecule has 1 unspecified atom stereocenters. The minimum Gasteiger partial charge on any atom is -0.418 e. The Morgan fingerprint density at radius 1 is 1.40 bits per heavy atom. The van der Waals surface area contributed by atoms with Crippen LogP contribution in [0.1, 0.15) is 30.3 Å². The number of thiophene rings is 1. The van der Waals surface area contributed by atoms with Crippen molar-refractivity contribution in [3.8, 4) is 10.8 Å². The molecule has 0 saturated heterocycles. The molecule has 3 heterocycles. The van der Waals surface area contributed by atoms with Gasteiger partial charge >= 0.3 is 0 Å². The molecule has 0 spiro atoms. The molecular weight excluding hydrogens is 298 g/mol. The Morgan fingerprint density at radius 3 is 3.05 bits per heavy atom. The van der Waals surface area contributed by atoms with Gasteiger partial charge in [-0.25, -0.2) is 4.68 Å². The van der Waals surface area contributed by atoms with E-state index in [1.165, 1.54) is 0 Å². The molecule has 6 nitrogen and oxygen atoms in total. The van der Waals surface area contributed by atoms with E-state index >= 15 is 0 Å². The average Bonchev–Trinajstić information content (AvgIpc) is 3.19. The SMILES string of the molecule is CCC(Cl)c1cn(Cc2nnc(-c3cccs3)o2)nn1. The molecule has 0 aliphatic rings. The quantitative estimate of drug-likeness (QED) is 0.677. The van der Waals surface area contributed by atoms with Crippen LogP contribution in [0.25, 0.3) is 10.8 Å². The maximum Gasteiger partial charge on any atom is 0.257 e. The molecule has 0 amide bonds. The molecule has 0 fully saturated rings. The van der Waals surface area contributed by atoms with Crippen LogP contribution >= 0.6 is 22.9 Å². The van der Waals surface area contributed by atoms with Gasteiger partial charge in [-0.05, 0) is 17.9 Å². The first kappa shape index (κ1) is 13.3. The van der Waals surface area contributed by atoms with Crippen LogP contribution in [0.4, 0.5) is 0 Å². The summed E-state index contributed by atoms with van der Waals surface area (Å²) < 4.78 is 7.24. The molecule has 0 aliphatic carbocycles. The van der Waals surface area contributed by atoms with Crippen LogP contribution in [0, 0.1) is 0 Å². The standard InChI is InChI=1S/C12H12ClN5OS/c1-2-8(13)9-6-18(17-14-9)7-11-15-16-12(19-11)10-4-3-5-20-10/h3-6,8H,2,7H2,1H3. The largest absolute Gasteiger partial charge is 0.418 e. The lowest BCUT2D eigenvalue weighted by Crippen LogP contribution is -2.00. The second-order valence-electron chi connectivity index (χ2n) is 4.20. The zero-order valence-electron chi connectivity index (χ0n) is 10.7. The number of aromatic nitrogens is 5. The summed E-state index contributed by atoms with van der Waals surface area (Å²) in [5.41, 5.74) is 0.757. The minimum absolute atomic E-state index is 0.117. The van der Waals surface area contributed by atoms with E-state index < -0.39 is 0 Å². The Bertz CT molecular complexity index is 678. The van der Waals surface area contributed by atoms with Crippen LogP contribution in [-0.2, 0) is 6.54 Å². The van der Waals surface area contributed by atoms with E-state index in [2.05, 4.69) is 20.5 Å². The third-order valence-electron chi connectivity index (χ3n) is 2.73. The molecule has 1 atom stereocenters. The summed E-state index contributed by atoms with van der Waals surface area (Å²) in [7, 11) is 0. The van der Waals surface area contributed by atoms with E-state index in [1.807, 2.05) is 24.4 Å². The van der Waals surface area contributed by atoms with Gasteiger partial charge in [0.2, 0.25) is 5.89 Å². The van der Waals surface area contributed by atoms with Gasteiger partial charge in [0.15, 0.2) is 0 Å². The molecule has 20 heavy (non-hydrogen) atoms. The van der Waals surface area contributed by atoms with Crippen molar-refractivity contribution in [2.45, 2.75) is 25.3 Å². The first-order valence-electron chi connectivity index (χ1n) is 6.16. The zero-order chi connectivity index (χ0) is 13.9. The number of nitrogens with zero attached hydrogens (tertiary/aromatic N) is 5. The van der Waals surface area contributed by atoms with Crippen LogP contribution < -0.4 is 0 Å². The van der Waals surface area contributed by atoms with E-state index in [4.69, 9.17) is 16.0 Å². The Hall–Kier alpha value is -1.73. The predicted molar refractivity (Wildman–Crippen MR) is 75.6 cm³/mol. The Balaban J connectivity index is 1.73. The number of rotatable bonds is 5. The summed E-state index contributed by atoms with van der Waals surface area (Å²) in [6.07, 6.45) is 2.61. The summed E-state index contributed by atoms with van der Waals surface area (Å²) in [4.78, 5) is 0.954. The second-order valence-corrected chi connectivity index (χ2v) is 5.67. The zero-order valence-corrected chi connectivity index (χ0v) is 12.3. The lowest BCUT2D eigenvalue weighted by Gasteiger charge is -1.98. The second kappa shape index (κ2) is 5.72. The van der Waals surface area contributed by atoms with Crippen LogP contribution in [0.5, 0.6) is 0 Å². The molecule has 0 aliphatic heterocycles. The topological polar surface area (TPSA) is 69.6 Å². The molecule has 0 bridgehead atoms. The van der Waals surface area contributed by atoms with Crippen molar-refractivity contribution in [1.82, 2.24) is 25.2 Å². The molecule has 3 rings (SSSR count). The monoisotopic (exact) mass is 309 g/mol. The Morgan fingerprint density at radius 2 is 2.30 bits per heavy atom. The fourth-order valence-electron chi connectivity index (χ4n) is 1.70. The van der Waals surface area contributed by atoms with Crippen molar-refractivity contribution in [2.24, 2.45) is 0 Å². The van der Waals surface area contributed by atoms with E-state index in [0.717, 1.165) is 17.0 Å². The number of alkyl halides is 1. The minimum atomic E-state index is -0.117. The van der Waals surface area contributed by atoms with Crippen molar-refractivity contribution in [2.75, 3.05) is 0 Å². The van der Waals surface area contributed by atoms with Crippen molar-refractivity contribution in [3.63, 3.8) is 0 Å². The highest BCUT2D eigenvalue weighted by Gasteiger charge is 2.13. The van der Waals surface area contributed by atoms with Gasteiger partial charge in [0.1, 0.15) is 12.2 Å². The van der Waals surface area contributed by atoms with Gasteiger partial charge in [-0.1, -0.05) is 18.2 Å². The van der Waals surface area contributed by atoms with Gasteiger partial charge in [-0.3, -0.25) is 0 Å². The fourth-order valence-corrected chi connectivity index (χ4v) is 2.44. The molecule has 3 aromatic heterocycles. The third kappa shape index (κ3) is 2.73. The van der Waals surface area contributed by atoms with Gasteiger partial charge in [-0.2, -0.15) is 0 Å². The van der Waals surface area contributed by atoms with Crippen LogP contribution in [-0.4, -0.2) is 25.2 Å². The molecule has 0 aromatic carbocycles. The Kier molecular flexibility index (Phi) is 3.79. The first-order chi connectivity index (χ1) is 9.76. The lowest BCUT2D eigenvalue weighted by atomic mass is 10.3. The Labute approximate surface area is 124 Å². The molecule has 104 valence electrons. The summed E-state index contributed by atoms with van der Waals surface area (Å²) >= 11 is 7.67. The number of hydrogen-bond donors (Lipinski definition) is 0. The molecule has 8 heteroatoms.